The smallest absolute Gasteiger partial charge is 0.336 e. The van der Waals surface area contributed by atoms with E-state index in [-0.39, 0.29) is 11.1 Å². The average molecular weight is 507 g/mol. The Bertz CT molecular complexity index is 1840. The van der Waals surface area contributed by atoms with E-state index >= 15 is 0 Å². The Hall–Kier alpha value is -5.22. The first kappa shape index (κ1) is 22.9. The molecule has 0 aliphatic heterocycles. The normalized spacial score (nSPS) is 13.2. The number of carbonyl (C=O) groups is 2. The van der Waals surface area contributed by atoms with Crippen molar-refractivity contribution in [2.45, 2.75) is 5.41 Å². The van der Waals surface area contributed by atoms with Gasteiger partial charge in [0, 0.05) is 0 Å². The minimum atomic E-state index is -0.977. The van der Waals surface area contributed by atoms with Crippen LogP contribution in [0.15, 0.2) is 121 Å². The fraction of sp³-hybridized carbons (Fsp3) is 0.0286. The molecule has 6 aromatic carbocycles. The second-order valence-corrected chi connectivity index (χ2v) is 9.86. The van der Waals surface area contributed by atoms with Crippen LogP contribution in [-0.2, 0) is 5.41 Å². The molecule has 7 rings (SSSR count). The predicted molar refractivity (Wildman–Crippen MR) is 153 cm³/mol. The number of fused-ring (bicyclic) bond motifs is 5. The minimum absolute atomic E-state index is 0.246. The van der Waals surface area contributed by atoms with E-state index in [0.717, 1.165) is 44.2 Å². The minimum Gasteiger partial charge on any atom is -0.478 e. The van der Waals surface area contributed by atoms with Gasteiger partial charge in [-0.25, -0.2) is 9.59 Å². The SMILES string of the molecule is O=C(O)c1cccc2c(C3(c4cccc5c(C(=O)O)cccc45)c4ccccc4-c4ccccc43)cccc12. The van der Waals surface area contributed by atoms with Gasteiger partial charge < -0.3 is 10.2 Å². The first-order valence-corrected chi connectivity index (χ1v) is 12.7. The molecule has 0 fully saturated rings. The molecule has 0 saturated heterocycles. The lowest BCUT2D eigenvalue weighted by molar-refractivity contribution is 0.0688. The third-order valence-electron chi connectivity index (χ3n) is 8.07. The summed E-state index contributed by atoms with van der Waals surface area (Å²) in [6.45, 7) is 0. The molecule has 4 heteroatoms. The molecule has 0 aromatic heterocycles. The van der Waals surface area contributed by atoms with Crippen molar-refractivity contribution in [3.05, 3.63) is 155 Å². The number of aromatic carboxylic acids is 2. The van der Waals surface area contributed by atoms with Crippen LogP contribution >= 0.6 is 0 Å². The number of benzene rings is 6. The van der Waals surface area contributed by atoms with E-state index in [4.69, 9.17) is 0 Å². The van der Waals surface area contributed by atoms with Gasteiger partial charge in [0.2, 0.25) is 0 Å². The largest absolute Gasteiger partial charge is 0.478 e. The zero-order valence-electron chi connectivity index (χ0n) is 20.8. The Morgan fingerprint density at radius 3 is 1.21 bits per heavy atom. The second-order valence-electron chi connectivity index (χ2n) is 9.86. The van der Waals surface area contributed by atoms with Crippen LogP contribution in [0.5, 0.6) is 0 Å². The summed E-state index contributed by atoms with van der Waals surface area (Å²) >= 11 is 0. The number of rotatable bonds is 4. The van der Waals surface area contributed by atoms with Crippen molar-refractivity contribution in [1.82, 2.24) is 0 Å². The summed E-state index contributed by atoms with van der Waals surface area (Å²) in [5.74, 6) is -1.95. The van der Waals surface area contributed by atoms with Gasteiger partial charge in [0.15, 0.2) is 0 Å². The summed E-state index contributed by atoms with van der Waals surface area (Å²) in [4.78, 5) is 24.4. The Kier molecular flexibility index (Phi) is 4.94. The van der Waals surface area contributed by atoms with Crippen molar-refractivity contribution in [3.63, 3.8) is 0 Å². The molecule has 0 unspecified atom stereocenters. The van der Waals surface area contributed by atoms with E-state index in [1.54, 1.807) is 24.3 Å². The fourth-order valence-electron chi connectivity index (χ4n) is 6.61. The quantitative estimate of drug-likeness (QED) is 0.256. The molecule has 0 saturated carbocycles. The van der Waals surface area contributed by atoms with Crippen molar-refractivity contribution in [2.75, 3.05) is 0 Å². The van der Waals surface area contributed by atoms with E-state index in [1.165, 1.54) is 0 Å². The topological polar surface area (TPSA) is 74.6 Å². The lowest BCUT2D eigenvalue weighted by Crippen LogP contribution is -2.29. The van der Waals surface area contributed by atoms with Gasteiger partial charge in [0.25, 0.3) is 0 Å². The molecule has 6 aromatic rings. The zero-order valence-corrected chi connectivity index (χ0v) is 20.8. The van der Waals surface area contributed by atoms with Crippen LogP contribution in [-0.4, -0.2) is 22.2 Å². The van der Waals surface area contributed by atoms with Crippen molar-refractivity contribution < 1.29 is 19.8 Å². The van der Waals surface area contributed by atoms with Crippen LogP contribution < -0.4 is 0 Å². The summed E-state index contributed by atoms with van der Waals surface area (Å²) in [7, 11) is 0. The highest BCUT2D eigenvalue weighted by atomic mass is 16.4. The Balaban J connectivity index is 1.74. The third-order valence-corrected chi connectivity index (χ3v) is 8.07. The van der Waals surface area contributed by atoms with Gasteiger partial charge in [0.1, 0.15) is 0 Å². The summed E-state index contributed by atoms with van der Waals surface area (Å²) in [6, 6.07) is 39.2. The Morgan fingerprint density at radius 1 is 0.410 bits per heavy atom. The Labute approximate surface area is 224 Å². The first-order chi connectivity index (χ1) is 19.0. The van der Waals surface area contributed by atoms with E-state index in [2.05, 4.69) is 36.4 Å². The van der Waals surface area contributed by atoms with Gasteiger partial charge in [-0.15, -0.1) is 0 Å². The molecular formula is C35H22O4. The second kappa shape index (κ2) is 8.40. The third kappa shape index (κ3) is 3.06. The van der Waals surface area contributed by atoms with Crippen LogP contribution in [0, 0.1) is 0 Å². The van der Waals surface area contributed by atoms with Gasteiger partial charge in [-0.2, -0.15) is 0 Å². The predicted octanol–water partition coefficient (Wildman–Crippen LogP) is 7.75. The fourth-order valence-corrected chi connectivity index (χ4v) is 6.61. The van der Waals surface area contributed by atoms with E-state index in [9.17, 15) is 19.8 Å². The van der Waals surface area contributed by atoms with Crippen LogP contribution in [0.4, 0.5) is 0 Å². The van der Waals surface area contributed by atoms with Crippen molar-refractivity contribution >= 4 is 33.5 Å². The number of hydrogen-bond acceptors (Lipinski definition) is 2. The molecule has 0 spiro atoms. The van der Waals surface area contributed by atoms with Crippen LogP contribution in [0.3, 0.4) is 0 Å². The van der Waals surface area contributed by atoms with Gasteiger partial charge in [-0.3, -0.25) is 0 Å². The molecule has 0 amide bonds. The van der Waals surface area contributed by atoms with Crippen LogP contribution in [0.1, 0.15) is 43.0 Å². The van der Waals surface area contributed by atoms with Gasteiger partial charge in [0.05, 0.1) is 16.5 Å². The van der Waals surface area contributed by atoms with Crippen molar-refractivity contribution in [2.24, 2.45) is 0 Å². The maximum absolute atomic E-state index is 12.2. The standard InChI is InChI=1S/C35H22O4/c36-33(37)27-15-5-13-23-21(27)11-7-19-31(23)35(29-17-3-1-9-25(29)26-10-2-4-18-30(26)35)32-20-8-12-22-24(32)14-6-16-28(22)34(38)39/h1-20H,(H,36,37)(H,38,39). The van der Waals surface area contributed by atoms with Crippen molar-refractivity contribution in [3.8, 4) is 11.1 Å². The number of carboxylic acid groups (broad SMARTS) is 2. The highest BCUT2D eigenvalue weighted by molar-refractivity contribution is 6.08. The van der Waals surface area contributed by atoms with Gasteiger partial charge >= 0.3 is 11.9 Å². The molecule has 4 nitrogen and oxygen atoms in total. The highest BCUT2D eigenvalue weighted by Gasteiger charge is 2.47. The molecule has 186 valence electrons. The maximum Gasteiger partial charge on any atom is 0.336 e. The van der Waals surface area contributed by atoms with Crippen molar-refractivity contribution in [1.29, 1.82) is 0 Å². The maximum atomic E-state index is 12.2. The number of carboxylic acids is 2. The van der Waals surface area contributed by atoms with Crippen LogP contribution in [0.25, 0.3) is 32.7 Å². The van der Waals surface area contributed by atoms with Crippen LogP contribution in [0.2, 0.25) is 0 Å². The molecule has 1 aliphatic rings. The molecule has 0 atom stereocenters. The van der Waals surface area contributed by atoms with Gasteiger partial charge in [-0.05, 0) is 67.1 Å². The molecular weight excluding hydrogens is 484 g/mol. The van der Waals surface area contributed by atoms with E-state index < -0.39 is 17.4 Å². The van der Waals surface area contributed by atoms with E-state index in [0.29, 0.717) is 10.8 Å². The average Bonchev–Trinajstić information content (AvgIpc) is 3.26. The lowest BCUT2D eigenvalue weighted by Gasteiger charge is -2.36. The van der Waals surface area contributed by atoms with Gasteiger partial charge in [-0.1, -0.05) is 109 Å². The summed E-state index contributed by atoms with van der Waals surface area (Å²) in [5, 5.41) is 23.0. The summed E-state index contributed by atoms with van der Waals surface area (Å²) < 4.78 is 0. The first-order valence-electron chi connectivity index (χ1n) is 12.7. The monoisotopic (exact) mass is 506 g/mol. The summed E-state index contributed by atoms with van der Waals surface area (Å²) in [6.07, 6.45) is 0. The Morgan fingerprint density at radius 2 is 0.769 bits per heavy atom. The van der Waals surface area contributed by atoms with E-state index in [1.807, 2.05) is 60.7 Å². The lowest BCUT2D eigenvalue weighted by atomic mass is 9.65. The zero-order chi connectivity index (χ0) is 26.7. The molecule has 0 bridgehead atoms. The number of hydrogen-bond donors (Lipinski definition) is 2. The molecule has 1 aliphatic carbocycles. The summed E-state index contributed by atoms with van der Waals surface area (Å²) in [5.41, 5.74) is 5.94. The molecule has 0 heterocycles. The molecule has 2 N–H and O–H groups in total. The highest BCUT2D eigenvalue weighted by Crippen LogP contribution is 2.58. The molecule has 39 heavy (non-hydrogen) atoms. The molecule has 0 radical (unpaired) electrons.